The Labute approximate surface area is 85.7 Å². The highest BCUT2D eigenvalue weighted by Gasteiger charge is 2.31. The summed E-state index contributed by atoms with van der Waals surface area (Å²) in [5.74, 6) is 0. The lowest BCUT2D eigenvalue weighted by Crippen LogP contribution is -2.28. The molecule has 0 saturated carbocycles. The molecule has 3 heteroatoms. The summed E-state index contributed by atoms with van der Waals surface area (Å²) in [6.45, 7) is 10.9. The molecule has 0 unspecified atom stereocenters. The Kier molecular flexibility index (Phi) is 2.35. The number of nitrogens with zero attached hydrogens (tertiary/aromatic N) is 3. The van der Waals surface area contributed by atoms with Crippen LogP contribution in [0, 0.1) is 0 Å². The van der Waals surface area contributed by atoms with E-state index >= 15 is 0 Å². The van der Waals surface area contributed by atoms with Gasteiger partial charge in [-0.1, -0.05) is 0 Å². The summed E-state index contributed by atoms with van der Waals surface area (Å²) in [7, 11) is 0. The van der Waals surface area contributed by atoms with Crippen molar-refractivity contribution < 1.29 is 0 Å². The first kappa shape index (κ1) is 9.71. The van der Waals surface area contributed by atoms with E-state index in [4.69, 9.17) is 0 Å². The first-order chi connectivity index (χ1) is 6.63. The van der Waals surface area contributed by atoms with E-state index in [1.807, 2.05) is 4.68 Å². The molecule has 1 atom stereocenters. The Morgan fingerprint density at radius 2 is 2.29 bits per heavy atom. The second-order valence-electron chi connectivity index (χ2n) is 4.34. The van der Waals surface area contributed by atoms with Gasteiger partial charge in [0.2, 0.25) is 0 Å². The maximum absolute atomic E-state index is 4.60. The molecule has 0 N–H and O–H groups in total. The zero-order valence-corrected chi connectivity index (χ0v) is 9.49. The summed E-state index contributed by atoms with van der Waals surface area (Å²) in [5, 5.41) is 4.60. The second kappa shape index (κ2) is 3.39. The standard InChI is InChI=1S/C11H19N3/c1-5-13-6-10-7-14(8(2)3)9(4)11(10)12-13/h6,8-9H,5,7H2,1-4H3/t9-/m0/s1. The topological polar surface area (TPSA) is 21.1 Å². The van der Waals surface area contributed by atoms with Crippen LogP contribution in [0.2, 0.25) is 0 Å². The summed E-state index contributed by atoms with van der Waals surface area (Å²) in [6, 6.07) is 1.09. The van der Waals surface area contributed by atoms with Crippen molar-refractivity contribution in [2.24, 2.45) is 0 Å². The molecular weight excluding hydrogens is 174 g/mol. The normalized spacial score (nSPS) is 21.9. The zero-order chi connectivity index (χ0) is 10.3. The van der Waals surface area contributed by atoms with Gasteiger partial charge in [-0.2, -0.15) is 5.10 Å². The smallest absolute Gasteiger partial charge is 0.0838 e. The SMILES string of the molecule is CCn1cc2c(n1)[C@H](C)N(C(C)C)C2. The third-order valence-electron chi connectivity index (χ3n) is 3.10. The lowest BCUT2D eigenvalue weighted by atomic mass is 10.2. The third kappa shape index (κ3) is 1.36. The van der Waals surface area contributed by atoms with Gasteiger partial charge in [-0.05, 0) is 27.7 Å². The summed E-state index contributed by atoms with van der Waals surface area (Å²) >= 11 is 0. The molecule has 0 bridgehead atoms. The Balaban J connectivity index is 2.26. The van der Waals surface area contributed by atoms with E-state index in [2.05, 4.69) is 43.9 Å². The van der Waals surface area contributed by atoms with E-state index in [1.54, 1.807) is 0 Å². The van der Waals surface area contributed by atoms with Crippen molar-refractivity contribution in [3.63, 3.8) is 0 Å². The van der Waals surface area contributed by atoms with Gasteiger partial charge in [-0.3, -0.25) is 9.58 Å². The first-order valence-corrected chi connectivity index (χ1v) is 5.45. The molecule has 0 fully saturated rings. The van der Waals surface area contributed by atoms with Crippen LogP contribution in [-0.4, -0.2) is 20.7 Å². The molecule has 14 heavy (non-hydrogen) atoms. The minimum Gasteiger partial charge on any atom is -0.288 e. The zero-order valence-electron chi connectivity index (χ0n) is 9.49. The van der Waals surface area contributed by atoms with Gasteiger partial charge in [-0.15, -0.1) is 0 Å². The van der Waals surface area contributed by atoms with Crippen LogP contribution in [0.5, 0.6) is 0 Å². The van der Waals surface area contributed by atoms with Crippen molar-refractivity contribution in [1.29, 1.82) is 0 Å². The summed E-state index contributed by atoms with van der Waals surface area (Å²) in [5.41, 5.74) is 2.69. The quantitative estimate of drug-likeness (QED) is 0.718. The van der Waals surface area contributed by atoms with Gasteiger partial charge in [0, 0.05) is 30.9 Å². The fourth-order valence-electron chi connectivity index (χ4n) is 2.23. The number of rotatable bonds is 2. The number of fused-ring (bicyclic) bond motifs is 1. The highest BCUT2D eigenvalue weighted by Crippen LogP contribution is 2.33. The van der Waals surface area contributed by atoms with E-state index in [-0.39, 0.29) is 0 Å². The maximum Gasteiger partial charge on any atom is 0.0838 e. The highest BCUT2D eigenvalue weighted by atomic mass is 15.3. The van der Waals surface area contributed by atoms with Crippen molar-refractivity contribution in [2.75, 3.05) is 0 Å². The molecule has 1 aromatic heterocycles. The van der Waals surface area contributed by atoms with E-state index in [9.17, 15) is 0 Å². The number of hydrogen-bond donors (Lipinski definition) is 0. The monoisotopic (exact) mass is 193 g/mol. The molecule has 0 radical (unpaired) electrons. The second-order valence-corrected chi connectivity index (χ2v) is 4.34. The van der Waals surface area contributed by atoms with Gasteiger partial charge in [0.25, 0.3) is 0 Å². The van der Waals surface area contributed by atoms with E-state index in [1.165, 1.54) is 11.3 Å². The maximum atomic E-state index is 4.60. The lowest BCUT2D eigenvalue weighted by Gasteiger charge is -2.25. The van der Waals surface area contributed by atoms with Crippen molar-refractivity contribution >= 4 is 0 Å². The predicted octanol–water partition coefficient (Wildman–Crippen LogP) is 2.19. The number of aromatic nitrogens is 2. The average Bonchev–Trinajstić information content (AvgIpc) is 2.65. The highest BCUT2D eigenvalue weighted by molar-refractivity contribution is 5.25. The van der Waals surface area contributed by atoms with Gasteiger partial charge >= 0.3 is 0 Å². The van der Waals surface area contributed by atoms with E-state index in [0.29, 0.717) is 12.1 Å². The van der Waals surface area contributed by atoms with Crippen LogP contribution >= 0.6 is 0 Å². The van der Waals surface area contributed by atoms with Crippen LogP contribution < -0.4 is 0 Å². The van der Waals surface area contributed by atoms with Gasteiger partial charge in [0.05, 0.1) is 11.7 Å². The minimum atomic E-state index is 0.484. The largest absolute Gasteiger partial charge is 0.288 e. The van der Waals surface area contributed by atoms with Crippen LogP contribution in [0.3, 0.4) is 0 Å². The minimum absolute atomic E-state index is 0.484. The molecular formula is C11H19N3. The van der Waals surface area contributed by atoms with Crippen LogP contribution in [0.1, 0.15) is 45.0 Å². The molecule has 0 aromatic carbocycles. The lowest BCUT2D eigenvalue weighted by molar-refractivity contribution is 0.175. The number of aryl methyl sites for hydroxylation is 1. The molecule has 0 aliphatic carbocycles. The molecule has 0 spiro atoms. The van der Waals surface area contributed by atoms with Crippen LogP contribution in [0.15, 0.2) is 6.20 Å². The van der Waals surface area contributed by atoms with Crippen LogP contribution in [-0.2, 0) is 13.1 Å². The van der Waals surface area contributed by atoms with Crippen molar-refractivity contribution in [3.05, 3.63) is 17.5 Å². The molecule has 3 nitrogen and oxygen atoms in total. The number of hydrogen-bond acceptors (Lipinski definition) is 2. The van der Waals surface area contributed by atoms with Gasteiger partial charge < -0.3 is 0 Å². The Morgan fingerprint density at radius 3 is 2.79 bits per heavy atom. The molecule has 2 heterocycles. The molecule has 1 aliphatic rings. The molecule has 0 saturated heterocycles. The predicted molar refractivity (Wildman–Crippen MR) is 57.0 cm³/mol. The van der Waals surface area contributed by atoms with Crippen LogP contribution in [0.4, 0.5) is 0 Å². The Bertz CT molecular complexity index is 327. The molecule has 0 amide bonds. The summed E-state index contributed by atoms with van der Waals surface area (Å²) in [4.78, 5) is 2.48. The Morgan fingerprint density at radius 1 is 1.57 bits per heavy atom. The van der Waals surface area contributed by atoms with Crippen LogP contribution in [0.25, 0.3) is 0 Å². The van der Waals surface area contributed by atoms with E-state index < -0.39 is 0 Å². The molecule has 78 valence electrons. The average molecular weight is 193 g/mol. The van der Waals surface area contributed by atoms with Gasteiger partial charge in [0.1, 0.15) is 0 Å². The summed E-state index contributed by atoms with van der Waals surface area (Å²) in [6.07, 6.45) is 2.19. The van der Waals surface area contributed by atoms with Crippen molar-refractivity contribution in [1.82, 2.24) is 14.7 Å². The van der Waals surface area contributed by atoms with Crippen molar-refractivity contribution in [2.45, 2.75) is 52.9 Å². The fourth-order valence-corrected chi connectivity index (χ4v) is 2.23. The third-order valence-corrected chi connectivity index (χ3v) is 3.10. The molecule has 2 rings (SSSR count). The van der Waals surface area contributed by atoms with Crippen molar-refractivity contribution in [3.8, 4) is 0 Å². The summed E-state index contributed by atoms with van der Waals surface area (Å²) < 4.78 is 2.04. The van der Waals surface area contributed by atoms with E-state index in [0.717, 1.165) is 13.1 Å². The van der Waals surface area contributed by atoms with Gasteiger partial charge in [0.15, 0.2) is 0 Å². The van der Waals surface area contributed by atoms with Gasteiger partial charge in [-0.25, -0.2) is 0 Å². The first-order valence-electron chi connectivity index (χ1n) is 5.45. The Hall–Kier alpha value is -0.830. The fraction of sp³-hybridized carbons (Fsp3) is 0.727. The molecule has 1 aromatic rings. The molecule has 1 aliphatic heterocycles.